The Bertz CT molecular complexity index is 506. The number of amides is 1. The van der Waals surface area contributed by atoms with E-state index in [1.54, 1.807) is 11.0 Å². The van der Waals surface area contributed by atoms with E-state index in [1.807, 2.05) is 0 Å². The molecule has 3 rings (SSSR count). The summed E-state index contributed by atoms with van der Waals surface area (Å²) in [4.78, 5) is 16.6. The average Bonchev–Trinajstić information content (AvgIpc) is 3.04. The second-order valence-electron chi connectivity index (χ2n) is 5.36. The van der Waals surface area contributed by atoms with Gasteiger partial charge in [0, 0.05) is 13.1 Å². The van der Waals surface area contributed by atoms with Crippen LogP contribution in [0, 0.1) is 0 Å². The van der Waals surface area contributed by atoms with E-state index in [-0.39, 0.29) is 19.1 Å². The van der Waals surface area contributed by atoms with Gasteiger partial charge in [-0.1, -0.05) is 0 Å². The third-order valence-corrected chi connectivity index (χ3v) is 3.74. The van der Waals surface area contributed by atoms with Crippen molar-refractivity contribution in [2.24, 2.45) is 0 Å². The van der Waals surface area contributed by atoms with Crippen LogP contribution in [0.1, 0.15) is 12.5 Å². The molecule has 3 heterocycles. The van der Waals surface area contributed by atoms with Crippen LogP contribution in [0.3, 0.4) is 0 Å². The average molecular weight is 320 g/mol. The molecule has 2 aliphatic rings. The molecule has 0 unspecified atom stereocenters. The van der Waals surface area contributed by atoms with Gasteiger partial charge in [0.25, 0.3) is 0 Å². The number of ether oxygens (including phenoxy) is 2. The molecule has 7 nitrogen and oxygen atoms in total. The highest BCUT2D eigenvalue weighted by molar-refractivity contribution is 5.77. The summed E-state index contributed by atoms with van der Waals surface area (Å²) in [5, 5.41) is 4.01. The summed E-state index contributed by atoms with van der Waals surface area (Å²) in [5.74, 6) is -0.944. The van der Waals surface area contributed by atoms with E-state index in [2.05, 4.69) is 10.1 Å². The van der Waals surface area contributed by atoms with E-state index < -0.39 is 30.7 Å². The Labute approximate surface area is 124 Å². The number of nitrogens with zero attached hydrogens (tertiary/aromatic N) is 4. The van der Waals surface area contributed by atoms with Gasteiger partial charge in [-0.25, -0.2) is 9.67 Å². The molecule has 1 amide bonds. The lowest BCUT2D eigenvalue weighted by atomic mass is 10.3. The smallest absolute Gasteiger partial charge is 0.371 e. The molecule has 0 spiro atoms. The number of halogens is 3. The predicted octanol–water partition coefficient (Wildman–Crippen LogP) is 0.398. The van der Waals surface area contributed by atoms with Crippen molar-refractivity contribution >= 4 is 5.91 Å². The molecule has 122 valence electrons. The molecule has 2 aliphatic heterocycles. The van der Waals surface area contributed by atoms with Gasteiger partial charge in [-0.3, -0.25) is 4.79 Å². The maximum atomic E-state index is 12.3. The molecule has 2 saturated heterocycles. The number of aromatic nitrogens is 3. The van der Waals surface area contributed by atoms with Crippen LogP contribution < -0.4 is 0 Å². The van der Waals surface area contributed by atoms with Gasteiger partial charge >= 0.3 is 6.18 Å². The summed E-state index contributed by atoms with van der Waals surface area (Å²) in [6.45, 7) is 0.852. The van der Waals surface area contributed by atoms with Crippen molar-refractivity contribution in [3.8, 4) is 0 Å². The molecule has 1 aromatic rings. The molecule has 0 aromatic carbocycles. The number of alkyl halides is 3. The summed E-state index contributed by atoms with van der Waals surface area (Å²) in [7, 11) is 0. The van der Waals surface area contributed by atoms with Crippen molar-refractivity contribution in [1.29, 1.82) is 0 Å². The maximum absolute atomic E-state index is 12.3. The molecule has 0 saturated carbocycles. The SMILES string of the molecule is O=C(CC(F)(F)F)N1C[C@@H]2OCC(n3cncn3)CO[C@H]2C1. The molecule has 0 aliphatic carbocycles. The molecule has 0 radical (unpaired) electrons. The first-order valence-electron chi connectivity index (χ1n) is 6.84. The second kappa shape index (κ2) is 5.84. The summed E-state index contributed by atoms with van der Waals surface area (Å²) in [6.07, 6.45) is -3.81. The minimum atomic E-state index is -4.50. The number of carbonyl (C=O) groups is 1. The summed E-state index contributed by atoms with van der Waals surface area (Å²) in [5.41, 5.74) is 0. The number of carbonyl (C=O) groups excluding carboxylic acids is 1. The van der Waals surface area contributed by atoms with Gasteiger partial charge in [-0.15, -0.1) is 0 Å². The standard InChI is InChI=1S/C12H15F3N4O3/c13-12(14,15)1-11(20)18-2-9-10(3-18)22-5-8(4-21-9)19-7-16-6-17-19/h6-10H,1-5H2/t9-,10-/m0/s1. The highest BCUT2D eigenvalue weighted by atomic mass is 19.4. The van der Waals surface area contributed by atoms with Crippen molar-refractivity contribution in [2.45, 2.75) is 30.8 Å². The molecule has 0 N–H and O–H groups in total. The normalized spacial score (nSPS) is 26.8. The summed E-state index contributed by atoms with van der Waals surface area (Å²) >= 11 is 0. The van der Waals surface area contributed by atoms with Gasteiger partial charge in [0.15, 0.2) is 0 Å². The quantitative estimate of drug-likeness (QED) is 0.789. The first-order valence-corrected chi connectivity index (χ1v) is 6.84. The predicted molar refractivity (Wildman–Crippen MR) is 65.8 cm³/mol. The van der Waals surface area contributed by atoms with Crippen LogP contribution in [-0.4, -0.2) is 70.3 Å². The maximum Gasteiger partial charge on any atom is 0.397 e. The highest BCUT2D eigenvalue weighted by Gasteiger charge is 2.42. The first kappa shape index (κ1) is 15.2. The molecule has 2 atom stereocenters. The number of hydrogen-bond donors (Lipinski definition) is 0. The van der Waals surface area contributed by atoms with Crippen LogP contribution in [0.25, 0.3) is 0 Å². The van der Waals surface area contributed by atoms with Crippen molar-refractivity contribution in [1.82, 2.24) is 19.7 Å². The molecular weight excluding hydrogens is 305 g/mol. The Morgan fingerprint density at radius 1 is 1.23 bits per heavy atom. The fourth-order valence-corrected chi connectivity index (χ4v) is 2.63. The Hall–Kier alpha value is -1.68. The van der Waals surface area contributed by atoms with Crippen LogP contribution in [0.15, 0.2) is 12.7 Å². The van der Waals surface area contributed by atoms with Crippen LogP contribution in [-0.2, 0) is 14.3 Å². The summed E-state index contributed by atoms with van der Waals surface area (Å²) in [6, 6.07) is -0.132. The van der Waals surface area contributed by atoms with E-state index in [0.717, 1.165) is 4.90 Å². The zero-order valence-electron chi connectivity index (χ0n) is 11.6. The van der Waals surface area contributed by atoms with Crippen molar-refractivity contribution in [3.05, 3.63) is 12.7 Å². The molecule has 22 heavy (non-hydrogen) atoms. The molecule has 10 heteroatoms. The van der Waals surface area contributed by atoms with E-state index in [9.17, 15) is 18.0 Å². The van der Waals surface area contributed by atoms with Gasteiger partial charge in [0.1, 0.15) is 37.3 Å². The Balaban J connectivity index is 1.57. The van der Waals surface area contributed by atoms with E-state index in [1.165, 1.54) is 6.33 Å². The zero-order valence-corrected chi connectivity index (χ0v) is 11.6. The Morgan fingerprint density at radius 2 is 1.86 bits per heavy atom. The highest BCUT2D eigenvalue weighted by Crippen LogP contribution is 2.26. The third-order valence-electron chi connectivity index (χ3n) is 3.74. The molecule has 0 bridgehead atoms. The first-order chi connectivity index (χ1) is 10.4. The van der Waals surface area contributed by atoms with Crippen LogP contribution in [0.5, 0.6) is 0 Å². The van der Waals surface area contributed by atoms with Crippen LogP contribution >= 0.6 is 0 Å². The molecule has 1 aromatic heterocycles. The largest absolute Gasteiger partial charge is 0.397 e. The van der Waals surface area contributed by atoms with Crippen molar-refractivity contribution in [2.75, 3.05) is 26.3 Å². The van der Waals surface area contributed by atoms with Crippen molar-refractivity contribution in [3.63, 3.8) is 0 Å². The minimum absolute atomic E-state index is 0.115. The number of rotatable bonds is 2. The zero-order chi connectivity index (χ0) is 15.7. The molecular formula is C12H15F3N4O3. The fraction of sp³-hybridized carbons (Fsp3) is 0.750. The second-order valence-corrected chi connectivity index (χ2v) is 5.36. The molecule has 2 fully saturated rings. The Morgan fingerprint density at radius 3 is 2.36 bits per heavy atom. The van der Waals surface area contributed by atoms with E-state index >= 15 is 0 Å². The topological polar surface area (TPSA) is 69.5 Å². The number of likely N-dealkylation sites (tertiary alicyclic amines) is 1. The van der Waals surface area contributed by atoms with E-state index in [0.29, 0.717) is 13.2 Å². The van der Waals surface area contributed by atoms with Crippen LogP contribution in [0.2, 0.25) is 0 Å². The number of hydrogen-bond acceptors (Lipinski definition) is 5. The van der Waals surface area contributed by atoms with Crippen molar-refractivity contribution < 1.29 is 27.4 Å². The monoisotopic (exact) mass is 320 g/mol. The van der Waals surface area contributed by atoms with Gasteiger partial charge in [0.2, 0.25) is 5.91 Å². The lowest BCUT2D eigenvalue weighted by molar-refractivity contribution is -0.161. The van der Waals surface area contributed by atoms with Gasteiger partial charge in [-0.2, -0.15) is 18.3 Å². The van der Waals surface area contributed by atoms with E-state index in [4.69, 9.17) is 9.47 Å². The lowest BCUT2D eigenvalue weighted by Crippen LogP contribution is -2.34. The van der Waals surface area contributed by atoms with Crippen LogP contribution in [0.4, 0.5) is 13.2 Å². The van der Waals surface area contributed by atoms with Gasteiger partial charge < -0.3 is 14.4 Å². The number of fused-ring (bicyclic) bond motifs is 1. The minimum Gasteiger partial charge on any atom is -0.371 e. The summed E-state index contributed by atoms with van der Waals surface area (Å²) < 4.78 is 49.8. The fourth-order valence-electron chi connectivity index (χ4n) is 2.63. The van der Waals surface area contributed by atoms with Gasteiger partial charge in [-0.05, 0) is 0 Å². The Kier molecular flexibility index (Phi) is 4.04. The lowest BCUT2D eigenvalue weighted by Gasteiger charge is -2.19. The third kappa shape index (κ3) is 3.38. The van der Waals surface area contributed by atoms with Gasteiger partial charge in [0.05, 0.1) is 13.2 Å².